The monoisotopic (exact) mass is 489 g/mol. The molecule has 0 spiro atoms. The van der Waals surface area contributed by atoms with Crippen LogP contribution in [0.3, 0.4) is 0 Å². The Morgan fingerprint density at radius 1 is 1.11 bits per heavy atom. The summed E-state index contributed by atoms with van der Waals surface area (Å²) in [5.74, 6) is 0.845. The number of benzene rings is 2. The summed E-state index contributed by atoms with van der Waals surface area (Å²) in [4.78, 5) is 27.8. The number of aromatic nitrogens is 3. The highest BCUT2D eigenvalue weighted by Crippen LogP contribution is 2.34. The number of likely N-dealkylation sites (tertiary alicyclic amines) is 1. The van der Waals surface area contributed by atoms with Crippen LogP contribution in [0.15, 0.2) is 60.3 Å². The van der Waals surface area contributed by atoms with Crippen LogP contribution in [-0.4, -0.2) is 43.8 Å². The number of rotatable bonds is 8. The zero-order valence-electron chi connectivity index (χ0n) is 20.5. The van der Waals surface area contributed by atoms with Crippen LogP contribution in [-0.2, 0) is 11.3 Å². The summed E-state index contributed by atoms with van der Waals surface area (Å²) in [6.45, 7) is 11.1. The predicted octanol–water partition coefficient (Wildman–Crippen LogP) is 5.10. The third-order valence-corrected chi connectivity index (χ3v) is 6.94. The maximum Gasteiger partial charge on any atom is 0.254 e. The lowest BCUT2D eigenvalue weighted by Crippen LogP contribution is -2.32. The van der Waals surface area contributed by atoms with Crippen LogP contribution in [0.4, 0.5) is 5.69 Å². The van der Waals surface area contributed by atoms with Gasteiger partial charge in [0.15, 0.2) is 11.0 Å². The molecule has 8 heteroatoms. The lowest BCUT2D eigenvalue weighted by Gasteiger charge is -2.25. The molecule has 0 aliphatic carbocycles. The summed E-state index contributed by atoms with van der Waals surface area (Å²) in [6.07, 6.45) is 3.52. The fourth-order valence-electron chi connectivity index (χ4n) is 4.55. The molecule has 182 valence electrons. The van der Waals surface area contributed by atoms with Gasteiger partial charge in [0.05, 0.1) is 11.8 Å². The fraction of sp³-hybridized carbons (Fsp3) is 0.333. The first kappa shape index (κ1) is 24.7. The Bertz CT molecular complexity index is 1230. The molecule has 7 nitrogen and oxygen atoms in total. The first-order valence-electron chi connectivity index (χ1n) is 11.8. The van der Waals surface area contributed by atoms with Gasteiger partial charge in [-0.1, -0.05) is 41.6 Å². The van der Waals surface area contributed by atoms with Gasteiger partial charge in [-0.05, 0) is 69.0 Å². The number of aryl methyl sites for hydroxylation is 3. The quantitative estimate of drug-likeness (QED) is 0.352. The predicted molar refractivity (Wildman–Crippen MR) is 140 cm³/mol. The number of carbonyl (C=O) groups excluding carboxylic acids is 2. The van der Waals surface area contributed by atoms with E-state index in [1.165, 1.54) is 11.8 Å². The Morgan fingerprint density at radius 2 is 1.89 bits per heavy atom. The van der Waals surface area contributed by atoms with E-state index in [-0.39, 0.29) is 23.6 Å². The van der Waals surface area contributed by atoms with Crippen molar-refractivity contribution in [2.75, 3.05) is 17.6 Å². The standard InChI is InChI=1S/C27H31N5O2S/c1-5-11-32-25(23-10-7-12-31(23)26(34)21-9-6-8-18(2)14-21)29-30-27(32)35-17-24(33)28-22-15-19(3)13-20(4)16-22/h5-6,8-9,13-16,23H,1,7,10-12,17H2,2-4H3,(H,28,33). The number of hydrogen-bond acceptors (Lipinski definition) is 5. The highest BCUT2D eigenvalue weighted by molar-refractivity contribution is 7.99. The molecule has 1 saturated heterocycles. The molecule has 2 amide bonds. The fourth-order valence-corrected chi connectivity index (χ4v) is 5.30. The Labute approximate surface area is 210 Å². The maximum atomic E-state index is 13.3. The van der Waals surface area contributed by atoms with Crippen LogP contribution in [0, 0.1) is 20.8 Å². The highest BCUT2D eigenvalue weighted by atomic mass is 32.2. The molecule has 1 N–H and O–H groups in total. The van der Waals surface area contributed by atoms with Crippen molar-refractivity contribution in [2.24, 2.45) is 0 Å². The average molecular weight is 490 g/mol. The van der Waals surface area contributed by atoms with Gasteiger partial charge in [-0.2, -0.15) is 0 Å². The van der Waals surface area contributed by atoms with Crippen molar-refractivity contribution < 1.29 is 9.59 Å². The van der Waals surface area contributed by atoms with E-state index in [4.69, 9.17) is 0 Å². The van der Waals surface area contributed by atoms with Crippen LogP contribution >= 0.6 is 11.8 Å². The molecular weight excluding hydrogens is 458 g/mol. The third-order valence-electron chi connectivity index (χ3n) is 5.97. The second kappa shape index (κ2) is 10.9. The summed E-state index contributed by atoms with van der Waals surface area (Å²) in [6, 6.07) is 13.5. The number of carbonyl (C=O) groups is 2. The molecule has 3 aromatic rings. The van der Waals surface area contributed by atoms with Gasteiger partial charge in [0, 0.05) is 24.3 Å². The number of hydrogen-bond donors (Lipinski definition) is 1. The van der Waals surface area contributed by atoms with E-state index in [1.807, 2.05) is 66.6 Å². The van der Waals surface area contributed by atoms with Gasteiger partial charge < -0.3 is 14.8 Å². The topological polar surface area (TPSA) is 80.1 Å². The van der Waals surface area contributed by atoms with E-state index in [1.54, 1.807) is 6.08 Å². The Kier molecular flexibility index (Phi) is 7.70. The molecule has 1 aliphatic heterocycles. The van der Waals surface area contributed by atoms with Gasteiger partial charge in [0.25, 0.3) is 5.91 Å². The third kappa shape index (κ3) is 5.82. The Balaban J connectivity index is 1.49. The summed E-state index contributed by atoms with van der Waals surface area (Å²) in [5.41, 5.74) is 4.73. The van der Waals surface area contributed by atoms with Crippen LogP contribution in [0.1, 0.15) is 51.8 Å². The SMILES string of the molecule is C=CCn1c(SCC(=O)Nc2cc(C)cc(C)c2)nnc1C1CCCN1C(=O)c1cccc(C)c1. The first-order valence-corrected chi connectivity index (χ1v) is 12.8. The van der Waals surface area contributed by atoms with Crippen LogP contribution in [0.2, 0.25) is 0 Å². The van der Waals surface area contributed by atoms with Crippen molar-refractivity contribution in [2.45, 2.75) is 51.4 Å². The van der Waals surface area contributed by atoms with E-state index in [0.717, 1.165) is 41.0 Å². The summed E-state index contributed by atoms with van der Waals surface area (Å²) < 4.78 is 1.97. The van der Waals surface area contributed by atoms with Crippen molar-refractivity contribution in [1.29, 1.82) is 0 Å². The van der Waals surface area contributed by atoms with E-state index in [2.05, 4.69) is 28.2 Å². The number of anilines is 1. The lowest BCUT2D eigenvalue weighted by atomic mass is 10.1. The van der Waals surface area contributed by atoms with Gasteiger partial charge in [-0.15, -0.1) is 16.8 Å². The van der Waals surface area contributed by atoms with Gasteiger partial charge in [0.1, 0.15) is 0 Å². The summed E-state index contributed by atoms with van der Waals surface area (Å²) in [7, 11) is 0. The minimum absolute atomic E-state index is 0.00591. The molecule has 0 bridgehead atoms. The highest BCUT2D eigenvalue weighted by Gasteiger charge is 2.34. The first-order chi connectivity index (χ1) is 16.9. The zero-order valence-corrected chi connectivity index (χ0v) is 21.3. The molecule has 2 aromatic carbocycles. The smallest absolute Gasteiger partial charge is 0.254 e. The second-order valence-electron chi connectivity index (χ2n) is 8.98. The molecule has 1 aliphatic rings. The molecule has 2 heterocycles. The zero-order chi connectivity index (χ0) is 24.9. The summed E-state index contributed by atoms with van der Waals surface area (Å²) >= 11 is 1.34. The van der Waals surface area contributed by atoms with E-state index in [0.29, 0.717) is 23.8 Å². The number of allylic oxidation sites excluding steroid dienone is 1. The number of nitrogens with one attached hydrogen (secondary N) is 1. The van der Waals surface area contributed by atoms with Crippen molar-refractivity contribution in [3.8, 4) is 0 Å². The molecule has 1 aromatic heterocycles. The van der Waals surface area contributed by atoms with Crippen LogP contribution in [0.5, 0.6) is 0 Å². The molecule has 1 fully saturated rings. The Hall–Kier alpha value is -3.39. The molecule has 0 radical (unpaired) electrons. The minimum Gasteiger partial charge on any atom is -0.328 e. The maximum absolute atomic E-state index is 13.3. The Morgan fingerprint density at radius 3 is 2.60 bits per heavy atom. The molecule has 35 heavy (non-hydrogen) atoms. The molecule has 1 unspecified atom stereocenters. The molecule has 1 atom stereocenters. The van der Waals surface area contributed by atoms with Crippen molar-refractivity contribution >= 4 is 29.3 Å². The minimum atomic E-state index is -0.158. The summed E-state index contributed by atoms with van der Waals surface area (Å²) in [5, 5.41) is 12.4. The molecule has 4 rings (SSSR count). The van der Waals surface area contributed by atoms with Gasteiger partial charge in [-0.25, -0.2) is 0 Å². The largest absolute Gasteiger partial charge is 0.328 e. The number of nitrogens with zero attached hydrogens (tertiary/aromatic N) is 4. The van der Waals surface area contributed by atoms with E-state index >= 15 is 0 Å². The van der Waals surface area contributed by atoms with Gasteiger partial charge in [0.2, 0.25) is 5.91 Å². The second-order valence-corrected chi connectivity index (χ2v) is 9.92. The van der Waals surface area contributed by atoms with E-state index < -0.39 is 0 Å². The lowest BCUT2D eigenvalue weighted by molar-refractivity contribution is -0.113. The van der Waals surface area contributed by atoms with Crippen molar-refractivity contribution in [1.82, 2.24) is 19.7 Å². The average Bonchev–Trinajstić information content (AvgIpc) is 3.44. The van der Waals surface area contributed by atoms with Crippen molar-refractivity contribution in [3.63, 3.8) is 0 Å². The van der Waals surface area contributed by atoms with Gasteiger partial charge >= 0.3 is 0 Å². The number of thioether (sulfide) groups is 1. The van der Waals surface area contributed by atoms with Gasteiger partial charge in [-0.3, -0.25) is 9.59 Å². The van der Waals surface area contributed by atoms with Crippen molar-refractivity contribution in [3.05, 3.63) is 83.2 Å². The normalized spacial score (nSPS) is 15.3. The van der Waals surface area contributed by atoms with E-state index in [9.17, 15) is 9.59 Å². The molecule has 0 saturated carbocycles. The molecular formula is C27H31N5O2S. The number of amides is 2. The van der Waals surface area contributed by atoms with Crippen LogP contribution < -0.4 is 5.32 Å². The van der Waals surface area contributed by atoms with Crippen LogP contribution in [0.25, 0.3) is 0 Å².